The molecule has 106 valence electrons. The molecule has 1 aromatic carbocycles. The van der Waals surface area contributed by atoms with Gasteiger partial charge in [-0.05, 0) is 38.1 Å². The van der Waals surface area contributed by atoms with Gasteiger partial charge in [0, 0.05) is 5.69 Å². The van der Waals surface area contributed by atoms with E-state index in [1.807, 2.05) is 0 Å². The first-order valence-corrected chi connectivity index (χ1v) is 5.96. The van der Waals surface area contributed by atoms with Crippen molar-refractivity contribution >= 4 is 29.1 Å². The number of carbonyl (C=O) groups is 4. The minimum absolute atomic E-state index is 0.185. The van der Waals surface area contributed by atoms with Crippen molar-refractivity contribution in [1.82, 2.24) is 0 Å². The number of benzene rings is 1. The molecule has 6 heteroatoms. The zero-order valence-corrected chi connectivity index (χ0v) is 11.3. The summed E-state index contributed by atoms with van der Waals surface area (Å²) in [5.41, 5.74) is 0.489. The molecular weight excluding hydrogens is 262 g/mol. The molecule has 0 saturated heterocycles. The molecule has 0 spiro atoms. The fourth-order valence-corrected chi connectivity index (χ4v) is 1.41. The SMILES string of the molecule is CC(=O)CC(=O)Nc1ccc(OC(=O)CC(C)=O)cc1. The normalized spacial score (nSPS) is 9.70. The molecule has 0 aromatic heterocycles. The summed E-state index contributed by atoms with van der Waals surface area (Å²) in [4.78, 5) is 44.1. The number of hydrogen-bond acceptors (Lipinski definition) is 5. The minimum atomic E-state index is -0.633. The van der Waals surface area contributed by atoms with E-state index in [4.69, 9.17) is 4.74 Å². The Hall–Kier alpha value is -2.50. The van der Waals surface area contributed by atoms with Crippen molar-refractivity contribution in [3.8, 4) is 5.75 Å². The number of Topliss-reactive ketones (excluding diaryl/α,β-unsaturated/α-hetero) is 2. The number of esters is 1. The van der Waals surface area contributed by atoms with Gasteiger partial charge in [0.15, 0.2) is 0 Å². The van der Waals surface area contributed by atoms with Crippen molar-refractivity contribution in [2.75, 3.05) is 5.32 Å². The van der Waals surface area contributed by atoms with Crippen molar-refractivity contribution < 1.29 is 23.9 Å². The number of carbonyl (C=O) groups excluding carboxylic acids is 4. The summed E-state index contributed by atoms with van der Waals surface area (Å²) in [5, 5.41) is 2.53. The largest absolute Gasteiger partial charge is 0.426 e. The maximum Gasteiger partial charge on any atom is 0.318 e. The third kappa shape index (κ3) is 5.90. The molecular formula is C14H15NO5. The van der Waals surface area contributed by atoms with Crippen LogP contribution in [0.2, 0.25) is 0 Å². The molecule has 1 N–H and O–H groups in total. The Morgan fingerprint density at radius 2 is 1.50 bits per heavy atom. The summed E-state index contributed by atoms with van der Waals surface area (Å²) in [7, 11) is 0. The average Bonchev–Trinajstić information content (AvgIpc) is 2.29. The van der Waals surface area contributed by atoms with Crippen LogP contribution in [-0.2, 0) is 19.2 Å². The van der Waals surface area contributed by atoms with E-state index in [0.29, 0.717) is 5.69 Å². The molecule has 1 aromatic rings. The van der Waals surface area contributed by atoms with Gasteiger partial charge in [-0.15, -0.1) is 0 Å². The number of nitrogens with one attached hydrogen (secondary N) is 1. The van der Waals surface area contributed by atoms with Gasteiger partial charge in [0.25, 0.3) is 0 Å². The van der Waals surface area contributed by atoms with Crippen LogP contribution in [0.15, 0.2) is 24.3 Å². The van der Waals surface area contributed by atoms with Gasteiger partial charge in [-0.25, -0.2) is 0 Å². The monoisotopic (exact) mass is 277 g/mol. The molecule has 6 nitrogen and oxygen atoms in total. The first kappa shape index (κ1) is 15.6. The number of amides is 1. The second-order valence-corrected chi connectivity index (χ2v) is 4.30. The standard InChI is InChI=1S/C14H15NO5/c1-9(16)7-13(18)15-11-3-5-12(6-4-11)20-14(19)8-10(2)17/h3-6H,7-8H2,1-2H3,(H,15,18). The van der Waals surface area contributed by atoms with Gasteiger partial charge in [-0.2, -0.15) is 0 Å². The minimum Gasteiger partial charge on any atom is -0.426 e. The molecule has 1 rings (SSSR count). The van der Waals surface area contributed by atoms with Crippen molar-refractivity contribution in [3.63, 3.8) is 0 Å². The molecule has 0 unspecified atom stereocenters. The summed E-state index contributed by atoms with van der Waals surface area (Å²) < 4.78 is 4.92. The Balaban J connectivity index is 2.56. The van der Waals surface area contributed by atoms with E-state index in [2.05, 4.69) is 5.32 Å². The predicted molar refractivity (Wildman–Crippen MR) is 71.3 cm³/mol. The molecule has 0 aliphatic carbocycles. The van der Waals surface area contributed by atoms with E-state index < -0.39 is 11.9 Å². The van der Waals surface area contributed by atoms with Gasteiger partial charge in [0.1, 0.15) is 23.7 Å². The first-order chi connectivity index (χ1) is 9.36. The zero-order valence-electron chi connectivity index (χ0n) is 11.3. The molecule has 20 heavy (non-hydrogen) atoms. The van der Waals surface area contributed by atoms with E-state index in [1.54, 1.807) is 0 Å². The van der Waals surface area contributed by atoms with Crippen molar-refractivity contribution in [2.45, 2.75) is 26.7 Å². The number of hydrogen-bond donors (Lipinski definition) is 1. The highest BCUT2D eigenvalue weighted by molar-refractivity contribution is 6.03. The number of ketones is 2. The van der Waals surface area contributed by atoms with Crippen molar-refractivity contribution in [3.05, 3.63) is 24.3 Å². The lowest BCUT2D eigenvalue weighted by Crippen LogP contribution is -2.15. The third-order valence-corrected chi connectivity index (χ3v) is 2.17. The molecule has 0 fully saturated rings. The summed E-state index contributed by atoms with van der Waals surface area (Å²) in [6.45, 7) is 2.63. The Bertz CT molecular complexity index is 484. The topological polar surface area (TPSA) is 89.5 Å². The fraction of sp³-hybridized carbons (Fsp3) is 0.286. The summed E-state index contributed by atoms with van der Waals surface area (Å²) >= 11 is 0. The van der Waals surface area contributed by atoms with Crippen LogP contribution in [0.5, 0.6) is 5.75 Å². The number of anilines is 1. The Labute approximate surface area is 116 Å². The summed E-state index contributed by atoms with van der Waals surface area (Å²) in [6, 6.07) is 6.05. The number of rotatable bonds is 6. The highest BCUT2D eigenvalue weighted by Gasteiger charge is 2.09. The van der Waals surface area contributed by atoms with Crippen LogP contribution in [0.25, 0.3) is 0 Å². The lowest BCUT2D eigenvalue weighted by atomic mass is 10.2. The molecule has 0 aliphatic rings. The maximum atomic E-state index is 11.4. The van der Waals surface area contributed by atoms with Crippen LogP contribution in [0.4, 0.5) is 5.69 Å². The highest BCUT2D eigenvalue weighted by atomic mass is 16.5. The van der Waals surface area contributed by atoms with Gasteiger partial charge in [-0.1, -0.05) is 0 Å². The van der Waals surface area contributed by atoms with E-state index in [1.165, 1.54) is 38.1 Å². The van der Waals surface area contributed by atoms with Crippen molar-refractivity contribution in [2.24, 2.45) is 0 Å². The van der Waals surface area contributed by atoms with Crippen LogP contribution >= 0.6 is 0 Å². The van der Waals surface area contributed by atoms with Gasteiger partial charge in [-0.3, -0.25) is 19.2 Å². The van der Waals surface area contributed by atoms with Crippen LogP contribution < -0.4 is 10.1 Å². The fourth-order valence-electron chi connectivity index (χ4n) is 1.41. The molecule has 0 saturated carbocycles. The highest BCUT2D eigenvalue weighted by Crippen LogP contribution is 2.16. The first-order valence-electron chi connectivity index (χ1n) is 5.96. The maximum absolute atomic E-state index is 11.4. The molecule has 0 bridgehead atoms. The Morgan fingerprint density at radius 3 is 2.00 bits per heavy atom. The van der Waals surface area contributed by atoms with Crippen molar-refractivity contribution in [1.29, 1.82) is 0 Å². The molecule has 0 aliphatic heterocycles. The zero-order chi connectivity index (χ0) is 15.1. The number of ether oxygens (including phenoxy) is 1. The van der Waals surface area contributed by atoms with Crippen LogP contribution in [0, 0.1) is 0 Å². The van der Waals surface area contributed by atoms with E-state index in [-0.39, 0.29) is 30.2 Å². The van der Waals surface area contributed by atoms with Gasteiger partial charge >= 0.3 is 5.97 Å². The quantitative estimate of drug-likeness (QED) is 0.483. The summed E-state index contributed by atoms with van der Waals surface area (Å²) in [5.74, 6) is -1.26. The van der Waals surface area contributed by atoms with E-state index >= 15 is 0 Å². The van der Waals surface area contributed by atoms with Crippen LogP contribution in [-0.4, -0.2) is 23.4 Å². The van der Waals surface area contributed by atoms with E-state index in [9.17, 15) is 19.2 Å². The molecule has 0 radical (unpaired) electrons. The molecule has 1 amide bonds. The lowest BCUT2D eigenvalue weighted by molar-refractivity contribution is -0.137. The van der Waals surface area contributed by atoms with Crippen LogP contribution in [0.3, 0.4) is 0 Å². The lowest BCUT2D eigenvalue weighted by Gasteiger charge is -2.06. The Morgan fingerprint density at radius 1 is 0.950 bits per heavy atom. The molecule has 0 atom stereocenters. The van der Waals surface area contributed by atoms with Crippen LogP contribution in [0.1, 0.15) is 26.7 Å². The smallest absolute Gasteiger partial charge is 0.318 e. The summed E-state index contributed by atoms with van der Waals surface area (Å²) in [6.07, 6.45) is -0.466. The van der Waals surface area contributed by atoms with E-state index in [0.717, 1.165) is 0 Å². The van der Waals surface area contributed by atoms with Gasteiger partial charge in [0.2, 0.25) is 5.91 Å². The predicted octanol–water partition coefficient (Wildman–Crippen LogP) is 1.49. The molecule has 0 heterocycles. The second kappa shape index (κ2) is 7.18. The third-order valence-electron chi connectivity index (χ3n) is 2.17. The Kier molecular flexibility index (Phi) is 5.58. The second-order valence-electron chi connectivity index (χ2n) is 4.30. The van der Waals surface area contributed by atoms with Gasteiger partial charge < -0.3 is 10.1 Å². The van der Waals surface area contributed by atoms with Gasteiger partial charge in [0.05, 0.1) is 6.42 Å². The average molecular weight is 277 g/mol.